The normalized spacial score (nSPS) is 12.0. The molecule has 0 unspecified atom stereocenters. The van der Waals surface area contributed by atoms with Crippen molar-refractivity contribution in [1.29, 1.82) is 0 Å². The van der Waals surface area contributed by atoms with Gasteiger partial charge in [0.1, 0.15) is 11.3 Å². The predicted molar refractivity (Wildman–Crippen MR) is 147 cm³/mol. The Morgan fingerprint density at radius 3 is 1.15 bits per heavy atom. The van der Waals surface area contributed by atoms with Gasteiger partial charge in [0.25, 0.3) is 0 Å². The second kappa shape index (κ2) is 7.74. The van der Waals surface area contributed by atoms with Crippen LogP contribution in [0.4, 0.5) is 0 Å². The van der Waals surface area contributed by atoms with Crippen LogP contribution in [0.2, 0.25) is 0 Å². The van der Waals surface area contributed by atoms with E-state index >= 15 is 0 Å². The van der Waals surface area contributed by atoms with Gasteiger partial charge in [-0.1, -0.05) is 72.8 Å². The molecule has 2 aliphatic heterocycles. The van der Waals surface area contributed by atoms with Crippen LogP contribution in [0, 0.1) is 0 Å². The molecular weight excluding hydrogens is 504 g/mol. The average molecular weight is 519 g/mol. The Balaban J connectivity index is 1.51. The van der Waals surface area contributed by atoms with Gasteiger partial charge in [0.15, 0.2) is 45.6 Å². The lowest BCUT2D eigenvalue weighted by atomic mass is 10.1. The number of aromatic nitrogens is 12. The van der Waals surface area contributed by atoms with Crippen molar-refractivity contribution in [2.75, 3.05) is 0 Å². The lowest BCUT2D eigenvalue weighted by Crippen LogP contribution is -1.91. The first-order chi connectivity index (χ1) is 19.8. The summed E-state index contributed by atoms with van der Waals surface area (Å²) in [5.41, 5.74) is 6.36. The number of rotatable bonds is 0. The highest BCUT2D eigenvalue weighted by Gasteiger charge is 2.22. The second-order valence-corrected chi connectivity index (χ2v) is 9.32. The van der Waals surface area contributed by atoms with Gasteiger partial charge in [-0.3, -0.25) is 0 Å². The maximum absolute atomic E-state index is 4.96. The molecule has 7 aromatic rings. The molecule has 9 rings (SSSR count). The van der Waals surface area contributed by atoms with Crippen LogP contribution in [0.15, 0.2) is 72.8 Å². The minimum absolute atomic E-state index is 0.409. The molecule has 3 aromatic carbocycles. The minimum atomic E-state index is 0.409. The SMILES string of the molecule is c1ccc2c(c1)-c1nc-2nc2[nH]c(nc3nc(nc4[nH]c(n1)c1ccccc41)-c1ccccc1-3)c1nnnnc21. The molecule has 0 amide bonds. The van der Waals surface area contributed by atoms with Gasteiger partial charge >= 0.3 is 0 Å². The first kappa shape index (κ1) is 21.0. The fourth-order valence-electron chi connectivity index (χ4n) is 5.21. The smallest absolute Gasteiger partial charge is 0.164 e. The van der Waals surface area contributed by atoms with Crippen molar-refractivity contribution in [1.82, 2.24) is 60.5 Å². The van der Waals surface area contributed by atoms with Crippen LogP contribution in [0.3, 0.4) is 0 Å². The van der Waals surface area contributed by atoms with E-state index in [1.165, 1.54) is 0 Å². The third-order valence-electron chi connectivity index (χ3n) is 7.03. The highest BCUT2D eigenvalue weighted by molar-refractivity contribution is 6.05. The van der Waals surface area contributed by atoms with Crippen LogP contribution >= 0.6 is 0 Å². The van der Waals surface area contributed by atoms with Gasteiger partial charge < -0.3 is 9.97 Å². The summed E-state index contributed by atoms with van der Waals surface area (Å²) in [6, 6.07) is 23.6. The summed E-state index contributed by atoms with van der Waals surface area (Å²) >= 11 is 0. The Labute approximate surface area is 223 Å². The summed E-state index contributed by atoms with van der Waals surface area (Å²) in [6.07, 6.45) is 0. The highest BCUT2D eigenvalue weighted by Crippen LogP contribution is 2.36. The van der Waals surface area contributed by atoms with Crippen LogP contribution in [0.1, 0.15) is 0 Å². The molecule has 2 aliphatic rings. The topological polar surface area (TPSA) is 160 Å². The monoisotopic (exact) mass is 518 g/mol. The third kappa shape index (κ3) is 2.95. The van der Waals surface area contributed by atoms with E-state index in [0.29, 0.717) is 56.9 Å². The van der Waals surface area contributed by atoms with Gasteiger partial charge in [0.05, 0.1) is 0 Å². The van der Waals surface area contributed by atoms with E-state index < -0.39 is 0 Å². The molecule has 12 heteroatoms. The van der Waals surface area contributed by atoms with Gasteiger partial charge in [-0.25, -0.2) is 29.9 Å². The standard InChI is InChI=1S/C28H14N12/c1-2-8-14-13(7-1)21-29-22(14)31-24-16-10-4-6-12-18(16)26(33-24)35-28-20-19(37-39-40-38-20)27(36-28)34-25-17-11-5-3-9-15(17)23(30-21)32-25/h1-12H,(H2,29,30,31,32,33,34,35,36). The summed E-state index contributed by atoms with van der Waals surface area (Å²) in [6.45, 7) is 0. The van der Waals surface area contributed by atoms with Crippen molar-refractivity contribution in [2.24, 2.45) is 0 Å². The van der Waals surface area contributed by atoms with Crippen molar-refractivity contribution >= 4 is 44.4 Å². The Kier molecular flexibility index (Phi) is 4.05. The van der Waals surface area contributed by atoms with Crippen LogP contribution in [-0.4, -0.2) is 60.5 Å². The van der Waals surface area contributed by atoms with E-state index in [-0.39, 0.29) is 0 Å². The van der Waals surface area contributed by atoms with E-state index in [4.69, 9.17) is 29.9 Å². The summed E-state index contributed by atoms with van der Waals surface area (Å²) < 4.78 is 0. The van der Waals surface area contributed by atoms with Crippen molar-refractivity contribution in [3.63, 3.8) is 0 Å². The molecule has 0 saturated carbocycles. The molecule has 6 heterocycles. The third-order valence-corrected chi connectivity index (χ3v) is 7.03. The first-order valence-corrected chi connectivity index (χ1v) is 12.5. The first-order valence-electron chi connectivity index (χ1n) is 12.5. The summed E-state index contributed by atoms with van der Waals surface area (Å²) in [7, 11) is 0. The van der Waals surface area contributed by atoms with Crippen molar-refractivity contribution < 1.29 is 0 Å². The lowest BCUT2D eigenvalue weighted by Gasteiger charge is -1.96. The summed E-state index contributed by atoms with van der Waals surface area (Å²) in [5, 5.41) is 17.7. The maximum Gasteiger partial charge on any atom is 0.164 e. The number of aromatic amines is 2. The Morgan fingerprint density at radius 2 is 0.725 bits per heavy atom. The van der Waals surface area contributed by atoms with Crippen molar-refractivity contribution in [3.8, 4) is 45.6 Å². The van der Waals surface area contributed by atoms with E-state index in [9.17, 15) is 0 Å². The zero-order valence-electron chi connectivity index (χ0n) is 20.4. The van der Waals surface area contributed by atoms with E-state index in [1.54, 1.807) is 0 Å². The Hall–Kier alpha value is -6.04. The van der Waals surface area contributed by atoms with E-state index in [1.807, 2.05) is 72.8 Å². The van der Waals surface area contributed by atoms with Crippen LogP contribution in [-0.2, 0) is 0 Å². The zero-order valence-corrected chi connectivity index (χ0v) is 20.4. The predicted octanol–water partition coefficient (Wildman–Crippen LogP) is 4.45. The molecule has 40 heavy (non-hydrogen) atoms. The largest absolute Gasteiger partial charge is 0.324 e. The van der Waals surface area contributed by atoms with Crippen LogP contribution < -0.4 is 0 Å². The molecule has 0 fully saturated rings. The number of benzene rings is 3. The van der Waals surface area contributed by atoms with Gasteiger partial charge in [0, 0.05) is 33.0 Å². The molecular formula is C28H14N12. The quantitative estimate of drug-likeness (QED) is 0.293. The molecule has 0 aliphatic carbocycles. The maximum atomic E-state index is 4.96. The molecule has 2 N–H and O–H groups in total. The van der Waals surface area contributed by atoms with Crippen molar-refractivity contribution in [3.05, 3.63) is 72.8 Å². The molecule has 8 bridgehead atoms. The van der Waals surface area contributed by atoms with Crippen LogP contribution in [0.25, 0.3) is 89.9 Å². The molecule has 0 saturated heterocycles. The average Bonchev–Trinajstić information content (AvgIpc) is 3.73. The number of nitrogens with zero attached hydrogens (tertiary/aromatic N) is 10. The Morgan fingerprint density at radius 1 is 0.375 bits per heavy atom. The van der Waals surface area contributed by atoms with Gasteiger partial charge in [0.2, 0.25) is 0 Å². The fraction of sp³-hybridized carbons (Fsp3) is 0. The molecule has 186 valence electrons. The highest BCUT2D eigenvalue weighted by atomic mass is 15.4. The summed E-state index contributed by atoms with van der Waals surface area (Å²) in [5.74, 6) is 2.03. The number of hydrogen-bond acceptors (Lipinski definition) is 10. The van der Waals surface area contributed by atoms with Gasteiger partial charge in [-0.15, -0.1) is 10.2 Å². The van der Waals surface area contributed by atoms with Gasteiger partial charge in [-0.05, 0) is 10.4 Å². The molecule has 4 aromatic heterocycles. The molecule has 0 spiro atoms. The fourth-order valence-corrected chi connectivity index (χ4v) is 5.21. The molecule has 0 radical (unpaired) electrons. The number of H-pyrrole nitrogens is 2. The number of nitrogens with one attached hydrogen (secondary N) is 2. The van der Waals surface area contributed by atoms with E-state index in [0.717, 1.165) is 33.0 Å². The number of hydrogen-bond donors (Lipinski definition) is 2. The van der Waals surface area contributed by atoms with E-state index in [2.05, 4.69) is 30.6 Å². The lowest BCUT2D eigenvalue weighted by molar-refractivity contribution is 0.800. The van der Waals surface area contributed by atoms with Crippen molar-refractivity contribution in [2.45, 2.75) is 0 Å². The molecule has 12 nitrogen and oxygen atoms in total. The molecule has 0 atom stereocenters. The zero-order chi connectivity index (χ0) is 26.2. The number of fused-ring (bicyclic) bond motifs is 20. The summed E-state index contributed by atoms with van der Waals surface area (Å²) in [4.78, 5) is 35.9. The minimum Gasteiger partial charge on any atom is -0.324 e. The van der Waals surface area contributed by atoms with Gasteiger partial charge in [-0.2, -0.15) is 0 Å². The second-order valence-electron chi connectivity index (χ2n) is 9.32. The Bertz CT molecular complexity index is 2030. The van der Waals surface area contributed by atoms with Crippen LogP contribution in [0.5, 0.6) is 0 Å².